The first-order valence-electron chi connectivity index (χ1n) is 5.39. The molecular formula is C10H14N8. The van der Waals surface area contributed by atoms with Crippen molar-refractivity contribution in [2.45, 2.75) is 6.92 Å². The molecule has 0 radical (unpaired) electrons. The topological polar surface area (TPSA) is 83.4 Å². The smallest absolute Gasteiger partial charge is 0.139 e. The van der Waals surface area contributed by atoms with Gasteiger partial charge in [0.1, 0.15) is 37.3 Å². The van der Waals surface area contributed by atoms with Gasteiger partial charge in [-0.25, -0.2) is 24.7 Å². The lowest BCUT2D eigenvalue weighted by Crippen LogP contribution is -2.39. The SMILES string of the molecule is C=NN(C=NC)C1=NCN=C(n2cncn2)C1C. The molecule has 0 aliphatic carbocycles. The number of hydrogen-bond donors (Lipinski definition) is 0. The first kappa shape index (κ1) is 12.1. The van der Waals surface area contributed by atoms with Gasteiger partial charge in [-0.1, -0.05) is 0 Å². The van der Waals surface area contributed by atoms with Crippen LogP contribution in [0.2, 0.25) is 0 Å². The van der Waals surface area contributed by atoms with Crippen molar-refractivity contribution in [3.8, 4) is 0 Å². The van der Waals surface area contributed by atoms with Crippen LogP contribution in [0.1, 0.15) is 6.92 Å². The summed E-state index contributed by atoms with van der Waals surface area (Å²) in [6, 6.07) is 0. The largest absolute Gasteiger partial charge is 0.277 e. The average Bonchev–Trinajstić information content (AvgIpc) is 2.90. The Morgan fingerprint density at radius 2 is 2.39 bits per heavy atom. The molecule has 1 aromatic rings. The Bertz CT molecular complexity index is 498. The lowest BCUT2D eigenvalue weighted by molar-refractivity contribution is 0.628. The normalized spacial score (nSPS) is 19.6. The van der Waals surface area contributed by atoms with Crippen molar-refractivity contribution in [3.05, 3.63) is 12.7 Å². The Labute approximate surface area is 104 Å². The molecule has 18 heavy (non-hydrogen) atoms. The van der Waals surface area contributed by atoms with Crippen molar-refractivity contribution in [3.63, 3.8) is 0 Å². The van der Waals surface area contributed by atoms with Crippen LogP contribution in [0.5, 0.6) is 0 Å². The Kier molecular flexibility index (Phi) is 3.56. The number of aliphatic imine (C=N–C) groups is 3. The van der Waals surface area contributed by atoms with Gasteiger partial charge in [0, 0.05) is 13.8 Å². The van der Waals surface area contributed by atoms with Gasteiger partial charge >= 0.3 is 0 Å². The molecule has 0 saturated heterocycles. The van der Waals surface area contributed by atoms with Gasteiger partial charge in [0.05, 0.1) is 5.92 Å². The minimum absolute atomic E-state index is 0.0658. The Morgan fingerprint density at radius 1 is 1.56 bits per heavy atom. The molecule has 1 aromatic heterocycles. The summed E-state index contributed by atoms with van der Waals surface area (Å²) in [6.45, 7) is 5.81. The van der Waals surface area contributed by atoms with Gasteiger partial charge in [-0.05, 0) is 6.92 Å². The summed E-state index contributed by atoms with van der Waals surface area (Å²) in [5.74, 6) is 1.44. The third kappa shape index (κ3) is 2.17. The highest BCUT2D eigenvalue weighted by Crippen LogP contribution is 2.12. The fraction of sp³-hybridized carbons (Fsp3) is 0.400. The summed E-state index contributed by atoms with van der Waals surface area (Å²) in [6.07, 6.45) is 4.64. The van der Waals surface area contributed by atoms with Gasteiger partial charge in [-0.3, -0.25) is 4.99 Å². The van der Waals surface area contributed by atoms with E-state index >= 15 is 0 Å². The number of hydrogen-bond acceptors (Lipinski definition) is 6. The predicted octanol–water partition coefficient (Wildman–Crippen LogP) is 0.106. The molecule has 0 N–H and O–H groups in total. The molecule has 8 heteroatoms. The summed E-state index contributed by atoms with van der Waals surface area (Å²) in [5, 5.41) is 9.49. The maximum Gasteiger partial charge on any atom is 0.139 e. The van der Waals surface area contributed by atoms with Crippen molar-refractivity contribution in [2.24, 2.45) is 26.0 Å². The van der Waals surface area contributed by atoms with Crippen LogP contribution in [-0.2, 0) is 0 Å². The monoisotopic (exact) mass is 246 g/mol. The second kappa shape index (κ2) is 5.30. The van der Waals surface area contributed by atoms with E-state index in [1.165, 1.54) is 11.3 Å². The van der Waals surface area contributed by atoms with E-state index in [1.807, 2.05) is 6.92 Å². The molecular weight excluding hydrogens is 232 g/mol. The summed E-state index contributed by atoms with van der Waals surface area (Å²) < 4.78 is 1.63. The predicted molar refractivity (Wildman–Crippen MR) is 70.1 cm³/mol. The molecule has 0 amide bonds. The lowest BCUT2D eigenvalue weighted by Gasteiger charge is -2.24. The van der Waals surface area contributed by atoms with E-state index < -0.39 is 0 Å². The zero-order valence-electron chi connectivity index (χ0n) is 10.3. The standard InChI is InChI=1S/C10H14N8/c1-8-9(17(12-3)6-11-2)14-5-15-10(8)18-7-13-4-16-18/h4,6-8H,3,5H2,1-2H3. The van der Waals surface area contributed by atoms with Crippen molar-refractivity contribution in [1.82, 2.24) is 19.8 Å². The number of aromatic nitrogens is 3. The van der Waals surface area contributed by atoms with Crippen molar-refractivity contribution in [2.75, 3.05) is 13.7 Å². The van der Waals surface area contributed by atoms with Crippen LogP contribution in [0.15, 0.2) is 32.7 Å². The average molecular weight is 246 g/mol. The highest BCUT2D eigenvalue weighted by Gasteiger charge is 2.26. The highest BCUT2D eigenvalue weighted by molar-refractivity contribution is 6.09. The molecule has 0 aromatic carbocycles. The van der Waals surface area contributed by atoms with Gasteiger partial charge in [0.25, 0.3) is 0 Å². The number of hydrazone groups is 1. The summed E-state index contributed by atoms with van der Waals surface area (Å²) in [7, 11) is 1.67. The van der Waals surface area contributed by atoms with Crippen LogP contribution in [0.3, 0.4) is 0 Å². The van der Waals surface area contributed by atoms with Crippen LogP contribution >= 0.6 is 0 Å². The zero-order valence-corrected chi connectivity index (χ0v) is 10.3. The van der Waals surface area contributed by atoms with Crippen molar-refractivity contribution >= 4 is 24.7 Å². The van der Waals surface area contributed by atoms with E-state index in [-0.39, 0.29) is 5.92 Å². The summed E-state index contributed by atoms with van der Waals surface area (Å²) >= 11 is 0. The van der Waals surface area contributed by atoms with Crippen molar-refractivity contribution in [1.29, 1.82) is 0 Å². The molecule has 0 spiro atoms. The van der Waals surface area contributed by atoms with Gasteiger partial charge < -0.3 is 0 Å². The molecule has 94 valence electrons. The van der Waals surface area contributed by atoms with Gasteiger partial charge in [-0.2, -0.15) is 10.2 Å². The first-order chi connectivity index (χ1) is 8.77. The van der Waals surface area contributed by atoms with Crippen LogP contribution in [0.4, 0.5) is 0 Å². The van der Waals surface area contributed by atoms with Crippen LogP contribution in [0.25, 0.3) is 0 Å². The maximum absolute atomic E-state index is 4.34. The number of amidine groups is 1. The zero-order chi connectivity index (χ0) is 13.0. The Morgan fingerprint density at radius 3 is 3.00 bits per heavy atom. The molecule has 1 aliphatic heterocycles. The van der Waals surface area contributed by atoms with E-state index in [2.05, 4.69) is 36.9 Å². The van der Waals surface area contributed by atoms with Gasteiger partial charge in [0.2, 0.25) is 0 Å². The first-order valence-corrected chi connectivity index (χ1v) is 5.39. The summed E-state index contributed by atoms with van der Waals surface area (Å²) in [4.78, 5) is 16.5. The molecule has 1 aliphatic rings. The second-order valence-electron chi connectivity index (χ2n) is 3.60. The molecule has 0 bridgehead atoms. The minimum atomic E-state index is -0.0658. The van der Waals surface area contributed by atoms with Crippen LogP contribution in [-0.4, -0.2) is 58.2 Å². The number of nitrogens with zero attached hydrogens (tertiary/aromatic N) is 8. The fourth-order valence-electron chi connectivity index (χ4n) is 1.72. The Balaban J connectivity index is 2.26. The molecule has 0 saturated carbocycles. The molecule has 2 rings (SSSR count). The third-order valence-corrected chi connectivity index (χ3v) is 2.51. The third-order valence-electron chi connectivity index (χ3n) is 2.51. The van der Waals surface area contributed by atoms with Gasteiger partial charge in [-0.15, -0.1) is 0 Å². The van der Waals surface area contributed by atoms with Crippen molar-refractivity contribution < 1.29 is 0 Å². The Hall–Kier alpha value is -2.38. The van der Waals surface area contributed by atoms with E-state index in [0.717, 1.165) is 11.7 Å². The molecule has 1 atom stereocenters. The van der Waals surface area contributed by atoms with Crippen LogP contribution in [0, 0.1) is 5.92 Å². The number of rotatable bonds is 2. The minimum Gasteiger partial charge on any atom is -0.277 e. The molecule has 8 nitrogen and oxygen atoms in total. The maximum atomic E-state index is 4.34. The van der Waals surface area contributed by atoms with Gasteiger partial charge in [0.15, 0.2) is 0 Å². The molecule has 1 unspecified atom stereocenters. The summed E-state index contributed by atoms with van der Waals surface area (Å²) in [5.41, 5.74) is 0. The quantitative estimate of drug-likeness (QED) is 0.421. The van der Waals surface area contributed by atoms with E-state index in [9.17, 15) is 0 Å². The highest BCUT2D eigenvalue weighted by atomic mass is 15.5. The lowest BCUT2D eigenvalue weighted by atomic mass is 10.1. The second-order valence-corrected chi connectivity index (χ2v) is 3.60. The van der Waals surface area contributed by atoms with E-state index in [0.29, 0.717) is 6.67 Å². The van der Waals surface area contributed by atoms with Crippen LogP contribution < -0.4 is 0 Å². The van der Waals surface area contributed by atoms with E-state index in [4.69, 9.17) is 0 Å². The fourth-order valence-corrected chi connectivity index (χ4v) is 1.72. The van der Waals surface area contributed by atoms with E-state index in [1.54, 1.807) is 24.4 Å². The molecule has 0 fully saturated rings. The molecule has 2 heterocycles.